The molecule has 0 aliphatic carbocycles. The lowest BCUT2D eigenvalue weighted by atomic mass is 10.1. The second-order valence-corrected chi connectivity index (χ2v) is 8.27. The quantitative estimate of drug-likeness (QED) is 0.479. The van der Waals surface area contributed by atoms with Gasteiger partial charge in [0, 0.05) is 17.8 Å². The maximum Gasteiger partial charge on any atom is 0.280 e. The van der Waals surface area contributed by atoms with Gasteiger partial charge in [0.25, 0.3) is 11.5 Å². The van der Waals surface area contributed by atoms with Crippen LogP contribution in [0.5, 0.6) is 0 Å². The monoisotopic (exact) mass is 449 g/mol. The van der Waals surface area contributed by atoms with Gasteiger partial charge in [-0.15, -0.1) is 11.3 Å². The Balaban J connectivity index is 1.76. The molecule has 0 radical (unpaired) electrons. The number of carbonyl (C=O) groups excluding carboxylic acids is 1. The lowest BCUT2D eigenvalue weighted by Crippen LogP contribution is -2.23. The number of nitrogens with zero attached hydrogens (tertiary/aromatic N) is 4. The molecule has 4 rings (SSSR count). The van der Waals surface area contributed by atoms with Crippen molar-refractivity contribution in [2.45, 2.75) is 26.4 Å². The fourth-order valence-electron chi connectivity index (χ4n) is 3.09. The van der Waals surface area contributed by atoms with E-state index in [2.05, 4.69) is 20.4 Å². The number of carbonyl (C=O) groups is 1. The normalized spacial score (nSPS) is 11.0. The molecule has 0 aliphatic rings. The Labute approximate surface area is 187 Å². The smallest absolute Gasteiger partial charge is 0.280 e. The Bertz CT molecular complexity index is 1320. The molecule has 3 aromatic heterocycles. The molecule has 32 heavy (non-hydrogen) atoms. The van der Waals surface area contributed by atoms with Crippen LogP contribution in [0.1, 0.15) is 35.4 Å². The van der Waals surface area contributed by atoms with Crippen LogP contribution in [0.25, 0.3) is 21.8 Å². The first-order chi connectivity index (χ1) is 15.4. The number of rotatable bonds is 6. The van der Waals surface area contributed by atoms with Crippen LogP contribution in [0, 0.1) is 5.82 Å². The number of benzene rings is 1. The summed E-state index contributed by atoms with van der Waals surface area (Å²) in [6.45, 7) is 3.93. The van der Waals surface area contributed by atoms with E-state index in [4.69, 9.17) is 0 Å². The summed E-state index contributed by atoms with van der Waals surface area (Å²) in [5.41, 5.74) is 1.47. The van der Waals surface area contributed by atoms with Crippen molar-refractivity contribution < 1.29 is 9.18 Å². The third-order valence-electron chi connectivity index (χ3n) is 4.65. The Kier molecular flexibility index (Phi) is 6.18. The van der Waals surface area contributed by atoms with E-state index in [1.165, 1.54) is 16.8 Å². The Morgan fingerprint density at radius 1 is 1.12 bits per heavy atom. The van der Waals surface area contributed by atoms with Crippen molar-refractivity contribution in [2.24, 2.45) is 0 Å². The molecule has 4 aromatic rings. The van der Waals surface area contributed by atoms with E-state index in [1.54, 1.807) is 42.6 Å². The predicted molar refractivity (Wildman–Crippen MR) is 121 cm³/mol. The first-order valence-corrected chi connectivity index (χ1v) is 10.8. The van der Waals surface area contributed by atoms with Gasteiger partial charge in [0.15, 0.2) is 5.01 Å². The third-order valence-corrected chi connectivity index (χ3v) is 5.73. The van der Waals surface area contributed by atoms with Crippen LogP contribution < -0.4 is 10.9 Å². The summed E-state index contributed by atoms with van der Waals surface area (Å²) in [5, 5.41) is 7.39. The maximum atomic E-state index is 14.6. The Morgan fingerprint density at radius 2 is 1.91 bits per heavy atom. The SMILES string of the molecule is CC(C)n1nc(-c2sc(C(=O)NCc3ccccn3)nc2-c2ccccc2F)ccc1=O. The first-order valence-electron chi connectivity index (χ1n) is 9.98. The van der Waals surface area contributed by atoms with E-state index < -0.39 is 11.7 Å². The Morgan fingerprint density at radius 3 is 2.62 bits per heavy atom. The van der Waals surface area contributed by atoms with E-state index in [9.17, 15) is 14.0 Å². The van der Waals surface area contributed by atoms with Gasteiger partial charge in [0.05, 0.1) is 28.9 Å². The van der Waals surface area contributed by atoms with Crippen LogP contribution in [-0.4, -0.2) is 25.7 Å². The van der Waals surface area contributed by atoms with Gasteiger partial charge in [-0.1, -0.05) is 18.2 Å². The van der Waals surface area contributed by atoms with Gasteiger partial charge in [0.2, 0.25) is 0 Å². The zero-order chi connectivity index (χ0) is 22.7. The maximum absolute atomic E-state index is 14.6. The lowest BCUT2D eigenvalue weighted by Gasteiger charge is -2.10. The molecule has 0 unspecified atom stereocenters. The van der Waals surface area contributed by atoms with E-state index >= 15 is 0 Å². The molecule has 9 heteroatoms. The zero-order valence-electron chi connectivity index (χ0n) is 17.4. The molecule has 3 heterocycles. The second kappa shape index (κ2) is 9.19. The number of thiazole rings is 1. The van der Waals surface area contributed by atoms with Crippen LogP contribution in [0.3, 0.4) is 0 Å². The molecule has 0 saturated carbocycles. The summed E-state index contributed by atoms with van der Waals surface area (Å²) in [5.74, 6) is -0.863. The van der Waals surface area contributed by atoms with Gasteiger partial charge in [-0.2, -0.15) is 5.10 Å². The van der Waals surface area contributed by atoms with Crippen molar-refractivity contribution in [3.63, 3.8) is 0 Å². The molecule has 0 atom stereocenters. The largest absolute Gasteiger partial charge is 0.344 e. The van der Waals surface area contributed by atoms with E-state index in [-0.39, 0.29) is 28.7 Å². The number of hydrogen-bond acceptors (Lipinski definition) is 6. The van der Waals surface area contributed by atoms with E-state index in [1.807, 2.05) is 19.9 Å². The molecule has 0 spiro atoms. The van der Waals surface area contributed by atoms with Gasteiger partial charge in [0.1, 0.15) is 11.5 Å². The van der Waals surface area contributed by atoms with Gasteiger partial charge in [-0.3, -0.25) is 14.6 Å². The fourth-order valence-corrected chi connectivity index (χ4v) is 4.05. The summed E-state index contributed by atoms with van der Waals surface area (Å²) in [6.07, 6.45) is 1.65. The van der Waals surface area contributed by atoms with Crippen LogP contribution in [0.2, 0.25) is 0 Å². The minimum absolute atomic E-state index is 0.159. The van der Waals surface area contributed by atoms with Gasteiger partial charge < -0.3 is 5.32 Å². The minimum Gasteiger partial charge on any atom is -0.344 e. The molecule has 1 aromatic carbocycles. The number of amides is 1. The molecule has 1 amide bonds. The van der Waals surface area contributed by atoms with Crippen molar-refractivity contribution in [3.8, 4) is 21.8 Å². The highest BCUT2D eigenvalue weighted by atomic mass is 32.1. The van der Waals surface area contributed by atoms with Crippen molar-refractivity contribution >= 4 is 17.2 Å². The van der Waals surface area contributed by atoms with Crippen molar-refractivity contribution in [1.82, 2.24) is 25.1 Å². The summed E-state index contributed by atoms with van der Waals surface area (Å²) in [6, 6.07) is 14.5. The molecule has 0 aliphatic heterocycles. The highest BCUT2D eigenvalue weighted by Gasteiger charge is 2.22. The van der Waals surface area contributed by atoms with Crippen molar-refractivity contribution in [1.29, 1.82) is 0 Å². The average Bonchev–Trinajstić information content (AvgIpc) is 3.24. The standard InChI is InChI=1S/C23H20FN5O2S/c1-14(2)29-19(30)11-10-18(28-29)21-20(16-8-3-4-9-17(16)24)27-23(32-21)22(31)26-13-15-7-5-6-12-25-15/h3-12,14H,13H2,1-2H3,(H,26,31). The summed E-state index contributed by atoms with van der Waals surface area (Å²) in [7, 11) is 0. The molecule has 0 saturated heterocycles. The number of nitrogens with one attached hydrogen (secondary N) is 1. The number of hydrogen-bond donors (Lipinski definition) is 1. The second-order valence-electron chi connectivity index (χ2n) is 7.28. The molecular weight excluding hydrogens is 429 g/mol. The molecular formula is C23H20FN5O2S. The Hall–Kier alpha value is -3.72. The van der Waals surface area contributed by atoms with Gasteiger partial charge in [-0.25, -0.2) is 14.1 Å². The van der Waals surface area contributed by atoms with Crippen molar-refractivity contribution in [2.75, 3.05) is 0 Å². The number of halogens is 1. The lowest BCUT2D eigenvalue weighted by molar-refractivity contribution is 0.0950. The molecule has 162 valence electrons. The first kappa shape index (κ1) is 21.5. The molecule has 0 bridgehead atoms. The summed E-state index contributed by atoms with van der Waals surface area (Å²) >= 11 is 1.10. The predicted octanol–water partition coefficient (Wildman–Crippen LogP) is 4.08. The van der Waals surface area contributed by atoms with E-state index in [0.29, 0.717) is 22.0 Å². The van der Waals surface area contributed by atoms with Gasteiger partial charge >= 0.3 is 0 Å². The zero-order valence-corrected chi connectivity index (χ0v) is 18.3. The fraction of sp³-hybridized carbons (Fsp3) is 0.174. The van der Waals surface area contributed by atoms with Crippen LogP contribution >= 0.6 is 11.3 Å². The number of aromatic nitrogens is 4. The van der Waals surface area contributed by atoms with Gasteiger partial charge in [-0.05, 0) is 44.2 Å². The minimum atomic E-state index is -0.461. The molecule has 1 N–H and O–H groups in total. The molecule has 7 nitrogen and oxygen atoms in total. The van der Waals surface area contributed by atoms with Crippen LogP contribution in [0.15, 0.2) is 65.6 Å². The third kappa shape index (κ3) is 4.47. The summed E-state index contributed by atoms with van der Waals surface area (Å²) < 4.78 is 16.0. The number of pyridine rings is 1. The van der Waals surface area contributed by atoms with Crippen LogP contribution in [0.4, 0.5) is 4.39 Å². The summed E-state index contributed by atoms with van der Waals surface area (Å²) in [4.78, 5) is 34.1. The highest BCUT2D eigenvalue weighted by molar-refractivity contribution is 7.17. The van der Waals surface area contributed by atoms with Crippen molar-refractivity contribution in [3.05, 3.63) is 87.7 Å². The van der Waals surface area contributed by atoms with Crippen LogP contribution in [-0.2, 0) is 6.54 Å². The highest BCUT2D eigenvalue weighted by Crippen LogP contribution is 2.36. The topological polar surface area (TPSA) is 89.8 Å². The average molecular weight is 450 g/mol. The van der Waals surface area contributed by atoms with E-state index in [0.717, 1.165) is 11.3 Å². The molecule has 0 fully saturated rings.